The Bertz CT molecular complexity index is 1480. The molecule has 0 spiro atoms. The monoisotopic (exact) mass is 600 g/mol. The third-order valence-electron chi connectivity index (χ3n) is 7.92. The average molecular weight is 601 g/mol. The molecule has 3 heterocycles. The number of aliphatic hydroxyl groups is 1. The Morgan fingerprint density at radius 3 is 2.28 bits per heavy atom. The fourth-order valence-corrected chi connectivity index (χ4v) is 5.35. The molecule has 1 aliphatic rings. The Morgan fingerprint density at radius 2 is 1.72 bits per heavy atom. The third-order valence-corrected chi connectivity index (χ3v) is 7.92. The van der Waals surface area contributed by atoms with Crippen molar-refractivity contribution in [1.29, 1.82) is 0 Å². The first kappa shape index (κ1) is 33.4. The highest BCUT2D eigenvalue weighted by atomic mass is 16.5. The number of H-pyrrole nitrogens is 1. The van der Waals surface area contributed by atoms with Crippen LogP contribution in [-0.2, 0) is 31.2 Å². The number of imidazole rings is 1. The number of likely N-dealkylation sites (tertiary alicyclic amines) is 1. The number of aromatic nitrogens is 3. The topological polar surface area (TPSA) is 195 Å². The molecule has 0 unspecified atom stereocenters. The van der Waals surface area contributed by atoms with Crippen LogP contribution in [0.2, 0.25) is 0 Å². The largest absolute Gasteiger partial charge is 0.481 e. The van der Waals surface area contributed by atoms with Crippen molar-refractivity contribution in [2.45, 2.75) is 64.6 Å². The third kappa shape index (κ3) is 8.06. The molecular weight excluding hydrogens is 560 g/mol. The van der Waals surface area contributed by atoms with E-state index in [1.165, 1.54) is 5.56 Å². The number of rotatable bonds is 12. The molecule has 0 aliphatic carbocycles. The second-order valence-corrected chi connectivity index (χ2v) is 11.6. The summed E-state index contributed by atoms with van der Waals surface area (Å²) in [5, 5.41) is 33.8. The van der Waals surface area contributed by atoms with E-state index in [0.29, 0.717) is 19.8 Å². The molecule has 13 heteroatoms. The Labute approximate surface area is 248 Å². The average Bonchev–Trinajstić information content (AvgIpc) is 3.49. The number of nitrogens with one attached hydrogen (secondary N) is 1. The Kier molecular flexibility index (Phi) is 10.5. The molecule has 1 fully saturated rings. The van der Waals surface area contributed by atoms with Crippen molar-refractivity contribution in [1.82, 2.24) is 19.4 Å². The number of para-hydroxylation sites is 2. The molecule has 43 heavy (non-hydrogen) atoms. The summed E-state index contributed by atoms with van der Waals surface area (Å²) < 4.78 is 7.83. The van der Waals surface area contributed by atoms with Gasteiger partial charge in [-0.2, -0.15) is 0 Å². The van der Waals surface area contributed by atoms with Crippen LogP contribution in [0.4, 0.5) is 0 Å². The smallest absolute Gasteiger partial charge is 0.336 e. The van der Waals surface area contributed by atoms with E-state index >= 15 is 0 Å². The molecule has 4 rings (SSSR count). The summed E-state index contributed by atoms with van der Waals surface area (Å²) in [6, 6.07) is 12.2. The molecule has 1 aliphatic heterocycles. The number of carboxylic acid groups (broad SMARTS) is 3. The van der Waals surface area contributed by atoms with Crippen LogP contribution in [0.5, 0.6) is 0 Å². The highest BCUT2D eigenvalue weighted by Gasteiger charge is 2.45. The summed E-state index contributed by atoms with van der Waals surface area (Å²) in [6.07, 6.45) is 0.687. The van der Waals surface area contributed by atoms with Crippen molar-refractivity contribution in [2.75, 3.05) is 26.3 Å². The number of pyridine rings is 1. The highest BCUT2D eigenvalue weighted by molar-refractivity contribution is 5.88. The van der Waals surface area contributed by atoms with Crippen molar-refractivity contribution in [3.63, 3.8) is 0 Å². The number of hydrogen-bond acceptors (Lipinski definition) is 8. The Hall–Kier alpha value is -4.07. The molecule has 1 aromatic carbocycles. The van der Waals surface area contributed by atoms with Crippen molar-refractivity contribution < 1.29 is 39.5 Å². The van der Waals surface area contributed by atoms with Crippen molar-refractivity contribution in [2.24, 2.45) is 5.41 Å². The number of aliphatic carboxylic acids is 3. The Morgan fingerprint density at radius 1 is 1.07 bits per heavy atom. The molecule has 234 valence electrons. The summed E-state index contributed by atoms with van der Waals surface area (Å²) in [6.45, 7) is 12.4. The molecule has 0 saturated carbocycles. The zero-order valence-corrected chi connectivity index (χ0v) is 24.9. The predicted molar refractivity (Wildman–Crippen MR) is 157 cm³/mol. The minimum Gasteiger partial charge on any atom is -0.481 e. The van der Waals surface area contributed by atoms with E-state index in [9.17, 15) is 19.2 Å². The standard InChI is InChI=1S/C24H32N4O2.C6H8O7/c1-5-30-17-24(16-28-21-9-7-6-8-20(21)26-22(28)29)12-13-27(15-24)23(3,4)19-11-10-18(2)25-14-19;7-3(8)1-6(13,5(11)12)2-4(9)10/h6-11,14H,5,12-13,15-17H2,1-4H3,(H,26,29);13H,1-2H2,(H,7,8)(H,9,10)(H,11,12)/t24-;/m1./s1. The van der Waals surface area contributed by atoms with Gasteiger partial charge in [-0.15, -0.1) is 0 Å². The number of hydrogen-bond donors (Lipinski definition) is 5. The Balaban J connectivity index is 0.000000331. The molecule has 0 bridgehead atoms. The molecule has 1 saturated heterocycles. The first-order valence-electron chi connectivity index (χ1n) is 14.0. The molecular formula is C30H40N4O9. The molecule has 13 nitrogen and oxygen atoms in total. The van der Waals surface area contributed by atoms with Gasteiger partial charge in [0.05, 0.1) is 30.5 Å². The summed E-state index contributed by atoms with van der Waals surface area (Å²) in [5.41, 5.74) is 1.05. The van der Waals surface area contributed by atoms with Crippen LogP contribution < -0.4 is 5.69 Å². The fraction of sp³-hybridized carbons (Fsp3) is 0.500. The van der Waals surface area contributed by atoms with Gasteiger partial charge in [0.2, 0.25) is 0 Å². The molecule has 0 amide bonds. The van der Waals surface area contributed by atoms with Gasteiger partial charge in [0, 0.05) is 42.5 Å². The summed E-state index contributed by atoms with van der Waals surface area (Å²) in [5.74, 6) is -5.02. The van der Waals surface area contributed by atoms with E-state index in [-0.39, 0.29) is 16.6 Å². The fourth-order valence-electron chi connectivity index (χ4n) is 5.35. The first-order valence-corrected chi connectivity index (χ1v) is 14.0. The lowest BCUT2D eigenvalue weighted by atomic mass is 9.87. The highest BCUT2D eigenvalue weighted by Crippen LogP contribution is 2.40. The maximum absolute atomic E-state index is 12.7. The van der Waals surface area contributed by atoms with Crippen LogP contribution in [-0.4, -0.2) is 89.7 Å². The number of aromatic amines is 1. The number of carbonyl (C=O) groups is 3. The normalized spacial score (nSPS) is 17.4. The van der Waals surface area contributed by atoms with Crippen molar-refractivity contribution in [3.05, 3.63) is 64.3 Å². The van der Waals surface area contributed by atoms with Gasteiger partial charge >= 0.3 is 23.6 Å². The van der Waals surface area contributed by atoms with Crippen LogP contribution in [0.15, 0.2) is 47.4 Å². The maximum Gasteiger partial charge on any atom is 0.336 e. The van der Waals surface area contributed by atoms with Gasteiger partial charge in [0.25, 0.3) is 0 Å². The van der Waals surface area contributed by atoms with E-state index in [2.05, 4.69) is 40.8 Å². The van der Waals surface area contributed by atoms with Crippen LogP contribution >= 0.6 is 0 Å². The number of ether oxygens (including phenoxy) is 1. The van der Waals surface area contributed by atoms with Gasteiger partial charge in [-0.25, -0.2) is 9.59 Å². The summed E-state index contributed by atoms with van der Waals surface area (Å²) in [7, 11) is 0. The second-order valence-electron chi connectivity index (χ2n) is 11.6. The van der Waals surface area contributed by atoms with E-state index in [1.54, 1.807) is 0 Å². The lowest BCUT2D eigenvalue weighted by Gasteiger charge is -2.38. The van der Waals surface area contributed by atoms with Gasteiger partial charge < -0.3 is 30.1 Å². The van der Waals surface area contributed by atoms with Crippen LogP contribution in [0, 0.1) is 12.3 Å². The van der Waals surface area contributed by atoms with Gasteiger partial charge in [0.15, 0.2) is 5.60 Å². The van der Waals surface area contributed by atoms with Gasteiger partial charge in [0.1, 0.15) is 0 Å². The van der Waals surface area contributed by atoms with E-state index < -0.39 is 36.4 Å². The van der Waals surface area contributed by atoms with Gasteiger partial charge in [-0.1, -0.05) is 18.2 Å². The number of benzene rings is 1. The lowest BCUT2D eigenvalue weighted by molar-refractivity contribution is -0.170. The van der Waals surface area contributed by atoms with E-state index in [1.807, 2.05) is 48.9 Å². The van der Waals surface area contributed by atoms with Crippen LogP contribution in [0.1, 0.15) is 51.3 Å². The van der Waals surface area contributed by atoms with Crippen LogP contribution in [0.25, 0.3) is 11.0 Å². The van der Waals surface area contributed by atoms with Gasteiger partial charge in [-0.05, 0) is 64.4 Å². The molecule has 3 aromatic rings. The number of fused-ring (bicyclic) bond motifs is 1. The predicted octanol–water partition coefficient (Wildman–Crippen LogP) is 2.45. The molecule has 2 aromatic heterocycles. The molecule has 5 N–H and O–H groups in total. The van der Waals surface area contributed by atoms with Crippen molar-refractivity contribution in [3.8, 4) is 0 Å². The number of carboxylic acids is 3. The lowest BCUT2D eigenvalue weighted by Crippen LogP contribution is -2.44. The minimum atomic E-state index is -2.74. The minimum absolute atomic E-state index is 0.0486. The first-order chi connectivity index (χ1) is 20.1. The SMILES string of the molecule is CCOC[C@]1(Cn2c(=O)[nH]c3ccccc32)CCN(C(C)(C)c2ccc(C)nc2)C1.O=C(O)CC(O)(CC(=O)O)C(=O)O. The zero-order chi connectivity index (χ0) is 32.0. The quantitative estimate of drug-likeness (QED) is 0.205. The van der Waals surface area contributed by atoms with Crippen molar-refractivity contribution >= 4 is 28.9 Å². The van der Waals surface area contributed by atoms with E-state index in [0.717, 1.165) is 36.2 Å². The van der Waals surface area contributed by atoms with Gasteiger partial charge in [-0.3, -0.25) is 24.0 Å². The zero-order valence-electron chi connectivity index (χ0n) is 24.9. The number of nitrogens with zero attached hydrogens (tertiary/aromatic N) is 3. The molecule has 0 radical (unpaired) electrons. The molecule has 1 atom stereocenters. The van der Waals surface area contributed by atoms with Crippen LogP contribution in [0.3, 0.4) is 0 Å². The van der Waals surface area contributed by atoms with E-state index in [4.69, 9.17) is 25.2 Å². The second kappa shape index (κ2) is 13.5. The summed E-state index contributed by atoms with van der Waals surface area (Å²) >= 11 is 0. The summed E-state index contributed by atoms with van der Waals surface area (Å²) in [4.78, 5) is 53.2. The maximum atomic E-state index is 12.7. The number of aryl methyl sites for hydroxylation is 1.